The van der Waals surface area contributed by atoms with Crippen LogP contribution < -0.4 is 5.32 Å². The smallest absolute Gasteiger partial charge is 0.337 e. The highest BCUT2D eigenvalue weighted by molar-refractivity contribution is 6.42. The van der Waals surface area contributed by atoms with E-state index < -0.39 is 11.9 Å². The Balaban J connectivity index is 2.13. The molecule has 0 radical (unpaired) electrons. The van der Waals surface area contributed by atoms with E-state index >= 15 is 0 Å². The van der Waals surface area contributed by atoms with Crippen LogP contribution in [0.5, 0.6) is 0 Å². The van der Waals surface area contributed by atoms with Crippen LogP contribution in [-0.4, -0.2) is 17.0 Å². The zero-order valence-corrected chi connectivity index (χ0v) is 14.9. The van der Waals surface area contributed by atoms with E-state index in [2.05, 4.69) is 5.32 Å². The highest BCUT2D eigenvalue weighted by Crippen LogP contribution is 2.25. The maximum absolute atomic E-state index is 12.3. The molecule has 2 rings (SSSR count). The monoisotopic (exact) mass is 385 g/mol. The van der Waals surface area contributed by atoms with Crippen molar-refractivity contribution in [2.75, 3.05) is 5.32 Å². The first-order valence-electron chi connectivity index (χ1n) is 7.05. The Kier molecular flexibility index (Phi) is 6.10. The number of halogens is 3. The molecule has 7 heteroatoms. The van der Waals surface area contributed by atoms with Gasteiger partial charge in [-0.25, -0.2) is 4.79 Å². The van der Waals surface area contributed by atoms with Gasteiger partial charge in [0.05, 0.1) is 21.3 Å². The standard InChI is InChI=1S/C17H14Cl3NO3/c1-9(6-10-2-5-13(19)14(20)7-10)16(22)21-15-8-11(18)3-4-12(15)17(23)24/h2-5,7-9H,6H2,1H3,(H,21,22)(H,23,24). The Bertz CT molecular complexity index is 793. The lowest BCUT2D eigenvalue weighted by Gasteiger charge is -2.14. The molecule has 24 heavy (non-hydrogen) atoms. The van der Waals surface area contributed by atoms with Crippen molar-refractivity contribution in [1.29, 1.82) is 0 Å². The summed E-state index contributed by atoms with van der Waals surface area (Å²) >= 11 is 17.7. The van der Waals surface area contributed by atoms with E-state index in [0.717, 1.165) is 5.56 Å². The maximum atomic E-state index is 12.3. The summed E-state index contributed by atoms with van der Waals surface area (Å²) in [5.74, 6) is -1.85. The first-order chi connectivity index (χ1) is 11.3. The topological polar surface area (TPSA) is 66.4 Å². The molecule has 0 saturated heterocycles. The number of carboxylic acids is 1. The van der Waals surface area contributed by atoms with E-state index in [1.54, 1.807) is 25.1 Å². The Morgan fingerprint density at radius 3 is 2.42 bits per heavy atom. The molecule has 0 aliphatic carbocycles. The van der Waals surface area contributed by atoms with Crippen LogP contribution in [0.25, 0.3) is 0 Å². The Morgan fingerprint density at radius 1 is 1.08 bits per heavy atom. The number of anilines is 1. The van der Waals surface area contributed by atoms with E-state index in [4.69, 9.17) is 34.8 Å². The van der Waals surface area contributed by atoms with Crippen molar-refractivity contribution in [3.05, 3.63) is 62.6 Å². The third-order valence-corrected chi connectivity index (χ3v) is 4.42. The predicted molar refractivity (Wildman–Crippen MR) is 96.4 cm³/mol. The Morgan fingerprint density at radius 2 is 1.79 bits per heavy atom. The third kappa shape index (κ3) is 4.63. The number of amides is 1. The van der Waals surface area contributed by atoms with Crippen LogP contribution in [0, 0.1) is 5.92 Å². The van der Waals surface area contributed by atoms with Crippen molar-refractivity contribution in [2.24, 2.45) is 5.92 Å². The van der Waals surface area contributed by atoms with Gasteiger partial charge in [0.15, 0.2) is 0 Å². The Labute approximate surface area is 154 Å². The number of hydrogen-bond donors (Lipinski definition) is 2. The number of rotatable bonds is 5. The van der Waals surface area contributed by atoms with E-state index in [1.807, 2.05) is 0 Å². The molecule has 4 nitrogen and oxygen atoms in total. The molecule has 2 aromatic carbocycles. The summed E-state index contributed by atoms with van der Waals surface area (Å²) in [6.07, 6.45) is 0.436. The minimum Gasteiger partial charge on any atom is -0.478 e. The minimum absolute atomic E-state index is 0.0190. The number of carboxylic acid groups (broad SMARTS) is 1. The van der Waals surface area contributed by atoms with Crippen molar-refractivity contribution < 1.29 is 14.7 Å². The lowest BCUT2D eigenvalue weighted by Crippen LogP contribution is -2.23. The molecule has 0 fully saturated rings. The highest BCUT2D eigenvalue weighted by Gasteiger charge is 2.18. The van der Waals surface area contributed by atoms with Crippen LogP contribution in [-0.2, 0) is 11.2 Å². The fourth-order valence-electron chi connectivity index (χ4n) is 2.18. The Hall–Kier alpha value is -1.75. The molecule has 1 unspecified atom stereocenters. The molecule has 0 aliphatic heterocycles. The zero-order valence-electron chi connectivity index (χ0n) is 12.6. The van der Waals surface area contributed by atoms with Gasteiger partial charge in [0, 0.05) is 10.9 Å². The van der Waals surface area contributed by atoms with Crippen molar-refractivity contribution in [3.63, 3.8) is 0 Å². The molecule has 1 atom stereocenters. The van der Waals surface area contributed by atoms with Gasteiger partial charge in [0.25, 0.3) is 0 Å². The van der Waals surface area contributed by atoms with Gasteiger partial charge < -0.3 is 10.4 Å². The molecule has 126 valence electrons. The summed E-state index contributed by atoms with van der Waals surface area (Å²) in [6.45, 7) is 1.74. The van der Waals surface area contributed by atoms with Crippen molar-refractivity contribution >= 4 is 52.4 Å². The van der Waals surface area contributed by atoms with Crippen molar-refractivity contribution in [3.8, 4) is 0 Å². The lowest BCUT2D eigenvalue weighted by atomic mass is 10.00. The normalized spacial score (nSPS) is 11.8. The van der Waals surface area contributed by atoms with Crippen molar-refractivity contribution in [2.45, 2.75) is 13.3 Å². The van der Waals surface area contributed by atoms with Crippen LogP contribution in [0.1, 0.15) is 22.8 Å². The second-order valence-electron chi connectivity index (χ2n) is 5.34. The molecule has 0 bridgehead atoms. The second-order valence-corrected chi connectivity index (χ2v) is 6.59. The van der Waals surface area contributed by atoms with E-state index in [0.29, 0.717) is 21.5 Å². The molecular formula is C17H14Cl3NO3. The summed E-state index contributed by atoms with van der Waals surface area (Å²) < 4.78 is 0. The summed E-state index contributed by atoms with van der Waals surface area (Å²) in [5, 5.41) is 13.0. The van der Waals surface area contributed by atoms with Gasteiger partial charge in [0.1, 0.15) is 0 Å². The summed E-state index contributed by atoms with van der Waals surface area (Å²) in [7, 11) is 0. The van der Waals surface area contributed by atoms with Gasteiger partial charge in [-0.1, -0.05) is 47.8 Å². The fraction of sp³-hybridized carbons (Fsp3) is 0.176. The highest BCUT2D eigenvalue weighted by atomic mass is 35.5. The number of carbonyl (C=O) groups is 2. The zero-order chi connectivity index (χ0) is 17.9. The quantitative estimate of drug-likeness (QED) is 0.745. The molecule has 0 aliphatic rings. The van der Waals surface area contributed by atoms with Crippen molar-refractivity contribution in [1.82, 2.24) is 0 Å². The van der Waals surface area contributed by atoms with Crippen LogP contribution >= 0.6 is 34.8 Å². The fourth-order valence-corrected chi connectivity index (χ4v) is 2.67. The first-order valence-corrected chi connectivity index (χ1v) is 8.19. The average Bonchev–Trinajstić information content (AvgIpc) is 2.50. The number of hydrogen-bond acceptors (Lipinski definition) is 2. The lowest BCUT2D eigenvalue weighted by molar-refractivity contribution is -0.119. The maximum Gasteiger partial charge on any atom is 0.337 e. The van der Waals surface area contributed by atoms with Crippen LogP contribution in [0.4, 0.5) is 5.69 Å². The van der Waals surface area contributed by atoms with E-state index in [-0.39, 0.29) is 17.2 Å². The van der Waals surface area contributed by atoms with Gasteiger partial charge >= 0.3 is 5.97 Å². The van der Waals surface area contributed by atoms with E-state index in [1.165, 1.54) is 18.2 Å². The molecule has 0 aromatic heterocycles. The number of aromatic carboxylic acids is 1. The molecule has 1 amide bonds. The molecule has 0 heterocycles. The number of benzene rings is 2. The van der Waals surface area contributed by atoms with Gasteiger partial charge in [-0.05, 0) is 42.3 Å². The molecule has 0 saturated carbocycles. The molecule has 2 N–H and O–H groups in total. The average molecular weight is 387 g/mol. The van der Waals surface area contributed by atoms with Crippen LogP contribution in [0.3, 0.4) is 0 Å². The van der Waals surface area contributed by atoms with Gasteiger partial charge in [-0.3, -0.25) is 4.79 Å². The molecular weight excluding hydrogens is 373 g/mol. The van der Waals surface area contributed by atoms with Gasteiger partial charge in [-0.15, -0.1) is 0 Å². The van der Waals surface area contributed by atoms with Crippen LogP contribution in [0.15, 0.2) is 36.4 Å². The van der Waals surface area contributed by atoms with E-state index in [9.17, 15) is 14.7 Å². The van der Waals surface area contributed by atoms with Gasteiger partial charge in [-0.2, -0.15) is 0 Å². The number of carbonyl (C=O) groups excluding carboxylic acids is 1. The SMILES string of the molecule is CC(Cc1ccc(Cl)c(Cl)c1)C(=O)Nc1cc(Cl)ccc1C(=O)O. The first kappa shape index (κ1) is 18.6. The largest absolute Gasteiger partial charge is 0.478 e. The second kappa shape index (κ2) is 7.88. The molecule has 0 spiro atoms. The molecule has 2 aromatic rings. The predicted octanol–water partition coefficient (Wildman–Crippen LogP) is 5.16. The van der Waals surface area contributed by atoms with Crippen LogP contribution in [0.2, 0.25) is 15.1 Å². The minimum atomic E-state index is -1.14. The van der Waals surface area contributed by atoms with Gasteiger partial charge in [0.2, 0.25) is 5.91 Å². The number of nitrogens with one attached hydrogen (secondary N) is 1. The third-order valence-electron chi connectivity index (χ3n) is 3.44. The summed E-state index contributed by atoms with van der Waals surface area (Å²) in [5.41, 5.74) is 1.01. The summed E-state index contributed by atoms with van der Waals surface area (Å²) in [4.78, 5) is 23.6. The summed E-state index contributed by atoms with van der Waals surface area (Å²) in [6, 6.07) is 9.39.